The molecule has 0 saturated carbocycles. The minimum Gasteiger partial charge on any atom is -0.484 e. The molecule has 0 aliphatic heterocycles. The Bertz CT molecular complexity index is 1100. The first-order chi connectivity index (χ1) is 12.7. The lowest BCUT2D eigenvalue weighted by Crippen LogP contribution is -2.24. The molecule has 0 unspecified atom stereocenters. The monoisotopic (exact) mass is 348 g/mol. The fourth-order valence-corrected chi connectivity index (χ4v) is 2.68. The fraction of sp³-hybridized carbons (Fsp3) is 0.158. The summed E-state index contributed by atoms with van der Waals surface area (Å²) < 4.78 is 12.3. The van der Waals surface area contributed by atoms with Crippen molar-refractivity contribution in [3.63, 3.8) is 0 Å². The van der Waals surface area contributed by atoms with Gasteiger partial charge in [0, 0.05) is 0 Å². The number of aromatic nitrogens is 4. The number of para-hydroxylation sites is 2. The molecule has 0 saturated heterocycles. The first-order valence-electron chi connectivity index (χ1n) is 8.16. The Balaban J connectivity index is 1.54. The maximum absolute atomic E-state index is 12.7. The number of fused-ring (bicyclic) bond motifs is 1. The molecule has 0 aliphatic rings. The molecule has 2 aromatic heterocycles. The number of hydrogen-bond acceptors (Lipinski definition) is 6. The van der Waals surface area contributed by atoms with E-state index in [0.29, 0.717) is 28.4 Å². The van der Waals surface area contributed by atoms with Gasteiger partial charge in [0.15, 0.2) is 12.4 Å². The summed E-state index contributed by atoms with van der Waals surface area (Å²) in [5.74, 6) is 2.07. The van der Waals surface area contributed by atoms with Crippen molar-refractivity contribution >= 4 is 10.9 Å². The van der Waals surface area contributed by atoms with Crippen LogP contribution < -0.4 is 10.3 Å². The molecule has 0 radical (unpaired) electrons. The van der Waals surface area contributed by atoms with Crippen LogP contribution in [0.4, 0.5) is 0 Å². The van der Waals surface area contributed by atoms with Gasteiger partial charge in [0.2, 0.25) is 0 Å². The van der Waals surface area contributed by atoms with Gasteiger partial charge in [0.1, 0.15) is 11.6 Å². The third-order valence-corrected chi connectivity index (χ3v) is 3.97. The van der Waals surface area contributed by atoms with Crippen LogP contribution >= 0.6 is 0 Å². The van der Waals surface area contributed by atoms with E-state index < -0.39 is 0 Å². The molecule has 0 atom stereocenters. The summed E-state index contributed by atoms with van der Waals surface area (Å²) in [6.45, 7) is 2.14. The van der Waals surface area contributed by atoms with E-state index >= 15 is 0 Å². The molecular formula is C19H16N4O3. The predicted octanol–water partition coefficient (Wildman–Crippen LogP) is 2.72. The van der Waals surface area contributed by atoms with Gasteiger partial charge in [-0.25, -0.2) is 4.98 Å². The molecule has 7 heteroatoms. The molecule has 0 amide bonds. The van der Waals surface area contributed by atoms with Gasteiger partial charge in [-0.1, -0.05) is 35.5 Å². The molecule has 0 bridgehead atoms. The molecule has 0 spiro atoms. The quantitative estimate of drug-likeness (QED) is 0.551. The molecule has 4 aromatic rings. The Morgan fingerprint density at radius 1 is 1.04 bits per heavy atom. The Labute approximate surface area is 148 Å². The third-order valence-electron chi connectivity index (χ3n) is 3.97. The molecule has 4 rings (SSSR count). The van der Waals surface area contributed by atoms with Crippen molar-refractivity contribution in [2.24, 2.45) is 0 Å². The molecule has 7 nitrogen and oxygen atoms in total. The largest absolute Gasteiger partial charge is 0.484 e. The van der Waals surface area contributed by atoms with Crippen molar-refractivity contribution in [1.29, 1.82) is 0 Å². The van der Waals surface area contributed by atoms with Crippen LogP contribution in [-0.2, 0) is 13.2 Å². The molecule has 130 valence electrons. The smallest absolute Gasteiger partial charge is 0.264 e. The van der Waals surface area contributed by atoms with Crippen LogP contribution in [0.15, 0.2) is 63.9 Å². The zero-order valence-electron chi connectivity index (χ0n) is 14.1. The minimum atomic E-state index is -0.125. The van der Waals surface area contributed by atoms with Crippen molar-refractivity contribution in [2.75, 3.05) is 0 Å². The molecule has 2 heterocycles. The number of rotatable bonds is 5. The van der Waals surface area contributed by atoms with Crippen molar-refractivity contribution in [2.45, 2.75) is 20.1 Å². The van der Waals surface area contributed by atoms with Crippen LogP contribution in [0.3, 0.4) is 0 Å². The van der Waals surface area contributed by atoms with Crippen LogP contribution in [0, 0.1) is 6.92 Å². The van der Waals surface area contributed by atoms with E-state index in [1.165, 1.54) is 4.57 Å². The van der Waals surface area contributed by atoms with Gasteiger partial charge in [-0.2, -0.15) is 4.98 Å². The van der Waals surface area contributed by atoms with Gasteiger partial charge >= 0.3 is 0 Å². The highest BCUT2D eigenvalue weighted by atomic mass is 16.5. The summed E-state index contributed by atoms with van der Waals surface area (Å²) in [4.78, 5) is 21.4. The van der Waals surface area contributed by atoms with E-state index in [-0.39, 0.29) is 18.7 Å². The summed E-state index contributed by atoms with van der Waals surface area (Å²) in [5.41, 5.74) is 0.552. The molecule has 0 N–H and O–H groups in total. The standard InChI is InChI=1S/C19H16N4O3/c1-13-20-16-10-6-5-9-15(16)19(24)23(13)11-17-21-18(26-22-17)12-25-14-7-3-2-4-8-14/h2-10H,11-12H2,1H3. The number of hydrogen-bond donors (Lipinski definition) is 0. The minimum absolute atomic E-state index is 0.125. The Morgan fingerprint density at radius 3 is 2.65 bits per heavy atom. The lowest BCUT2D eigenvalue weighted by atomic mass is 10.2. The highest BCUT2D eigenvalue weighted by molar-refractivity contribution is 5.77. The van der Waals surface area contributed by atoms with Crippen LogP contribution in [0.25, 0.3) is 10.9 Å². The first kappa shape index (κ1) is 16.0. The average Bonchev–Trinajstić information content (AvgIpc) is 3.12. The van der Waals surface area contributed by atoms with Crippen molar-refractivity contribution in [3.8, 4) is 5.75 Å². The second-order valence-electron chi connectivity index (χ2n) is 5.77. The Morgan fingerprint density at radius 2 is 1.81 bits per heavy atom. The lowest BCUT2D eigenvalue weighted by molar-refractivity contribution is 0.242. The van der Waals surface area contributed by atoms with Gasteiger partial charge in [-0.3, -0.25) is 9.36 Å². The Kier molecular flexibility index (Phi) is 4.18. The van der Waals surface area contributed by atoms with Crippen molar-refractivity contribution in [1.82, 2.24) is 19.7 Å². The summed E-state index contributed by atoms with van der Waals surface area (Å²) >= 11 is 0. The highest BCUT2D eigenvalue weighted by Gasteiger charge is 2.12. The first-order valence-corrected chi connectivity index (χ1v) is 8.16. The predicted molar refractivity (Wildman–Crippen MR) is 94.9 cm³/mol. The Hall–Kier alpha value is -3.48. The maximum atomic E-state index is 12.7. The van der Waals surface area contributed by atoms with E-state index in [2.05, 4.69) is 15.1 Å². The van der Waals surface area contributed by atoms with Crippen molar-refractivity contribution < 1.29 is 9.26 Å². The topological polar surface area (TPSA) is 83.0 Å². The summed E-state index contributed by atoms with van der Waals surface area (Å²) in [5, 5.41) is 4.50. The van der Waals surface area contributed by atoms with Gasteiger partial charge in [0.05, 0.1) is 17.4 Å². The normalized spacial score (nSPS) is 11.0. The van der Waals surface area contributed by atoms with Gasteiger partial charge in [0.25, 0.3) is 11.4 Å². The fourth-order valence-electron chi connectivity index (χ4n) is 2.68. The number of nitrogens with zero attached hydrogens (tertiary/aromatic N) is 4. The number of aryl methyl sites for hydroxylation is 1. The van der Waals surface area contributed by atoms with Crippen LogP contribution in [0.5, 0.6) is 5.75 Å². The van der Waals surface area contributed by atoms with Gasteiger partial charge in [-0.15, -0.1) is 0 Å². The second-order valence-corrected chi connectivity index (χ2v) is 5.77. The molecule has 2 aromatic carbocycles. The lowest BCUT2D eigenvalue weighted by Gasteiger charge is -2.08. The average molecular weight is 348 g/mol. The van der Waals surface area contributed by atoms with Crippen LogP contribution in [0.2, 0.25) is 0 Å². The molecule has 0 aliphatic carbocycles. The van der Waals surface area contributed by atoms with Gasteiger partial charge < -0.3 is 9.26 Å². The SMILES string of the molecule is Cc1nc2ccccc2c(=O)n1Cc1noc(COc2ccccc2)n1. The zero-order valence-corrected chi connectivity index (χ0v) is 14.1. The third kappa shape index (κ3) is 3.19. The van der Waals surface area contributed by atoms with E-state index in [1.54, 1.807) is 13.0 Å². The zero-order chi connectivity index (χ0) is 17.9. The van der Waals surface area contributed by atoms with E-state index in [4.69, 9.17) is 9.26 Å². The van der Waals surface area contributed by atoms with Gasteiger partial charge in [-0.05, 0) is 31.2 Å². The maximum Gasteiger partial charge on any atom is 0.264 e. The van der Waals surface area contributed by atoms with Crippen molar-refractivity contribution in [3.05, 3.63) is 82.5 Å². The number of ether oxygens (including phenoxy) is 1. The number of benzene rings is 2. The van der Waals surface area contributed by atoms with Crippen LogP contribution in [-0.4, -0.2) is 19.7 Å². The summed E-state index contributed by atoms with van der Waals surface area (Å²) in [6, 6.07) is 16.6. The van der Waals surface area contributed by atoms with Crippen LogP contribution in [0.1, 0.15) is 17.5 Å². The molecular weight excluding hydrogens is 332 g/mol. The van der Waals surface area contributed by atoms with E-state index in [0.717, 1.165) is 5.75 Å². The highest BCUT2D eigenvalue weighted by Crippen LogP contribution is 2.12. The van der Waals surface area contributed by atoms with E-state index in [1.807, 2.05) is 48.5 Å². The van der Waals surface area contributed by atoms with E-state index in [9.17, 15) is 4.79 Å². The molecule has 0 fully saturated rings. The molecule has 26 heavy (non-hydrogen) atoms. The summed E-state index contributed by atoms with van der Waals surface area (Å²) in [6.07, 6.45) is 0. The second kappa shape index (κ2) is 6.79. The summed E-state index contributed by atoms with van der Waals surface area (Å²) in [7, 11) is 0.